The van der Waals surface area contributed by atoms with Crippen molar-refractivity contribution in [1.82, 2.24) is 5.32 Å². The monoisotopic (exact) mass is 371 g/mol. The van der Waals surface area contributed by atoms with Crippen LogP contribution in [0.4, 0.5) is 0 Å². The minimum absolute atomic E-state index is 0.236. The highest BCUT2D eigenvalue weighted by atomic mass is 32.1. The summed E-state index contributed by atoms with van der Waals surface area (Å²) in [4.78, 5) is 11.8. The number of amides is 1. The molecular formula is C22H45NOS. The van der Waals surface area contributed by atoms with Gasteiger partial charge in [-0.15, -0.1) is 0 Å². The van der Waals surface area contributed by atoms with Crippen LogP contribution in [0.2, 0.25) is 0 Å². The number of unbranched alkanes of at least 4 members (excludes halogenated alkanes) is 11. The zero-order chi connectivity index (χ0) is 18.6. The van der Waals surface area contributed by atoms with E-state index in [1.807, 2.05) is 0 Å². The molecule has 1 unspecified atom stereocenters. The zero-order valence-electron chi connectivity index (χ0n) is 17.2. The molecular weight excluding hydrogens is 326 g/mol. The molecule has 3 heteroatoms. The summed E-state index contributed by atoms with van der Waals surface area (Å²) in [5.41, 5.74) is 0. The summed E-state index contributed by atoms with van der Waals surface area (Å²) in [6.45, 7) is 5.35. The van der Waals surface area contributed by atoms with Crippen LogP contribution < -0.4 is 5.32 Å². The predicted molar refractivity (Wildman–Crippen MR) is 116 cm³/mol. The highest BCUT2D eigenvalue weighted by Gasteiger charge is 2.04. The van der Waals surface area contributed by atoms with Crippen molar-refractivity contribution in [3.8, 4) is 0 Å². The number of hydrogen-bond donors (Lipinski definition) is 2. The maximum absolute atomic E-state index is 11.8. The molecule has 0 fully saturated rings. The number of nitrogens with one attached hydrogen (secondary N) is 1. The lowest BCUT2D eigenvalue weighted by Gasteiger charge is -2.09. The third kappa shape index (κ3) is 20.0. The number of carbonyl (C=O) groups is 1. The second-order valence-corrected chi connectivity index (χ2v) is 8.30. The van der Waals surface area contributed by atoms with Crippen molar-refractivity contribution in [1.29, 1.82) is 0 Å². The van der Waals surface area contributed by atoms with Gasteiger partial charge in [-0.25, -0.2) is 0 Å². The molecule has 0 aliphatic carbocycles. The number of hydrogen-bond acceptors (Lipinski definition) is 2. The van der Waals surface area contributed by atoms with Crippen LogP contribution in [-0.4, -0.2) is 17.7 Å². The van der Waals surface area contributed by atoms with Gasteiger partial charge in [0.25, 0.3) is 0 Å². The molecule has 1 amide bonds. The first-order valence-electron chi connectivity index (χ1n) is 11.2. The summed E-state index contributed by atoms with van der Waals surface area (Å²) in [5.74, 6) is 0.236. The van der Waals surface area contributed by atoms with Crippen LogP contribution >= 0.6 is 12.6 Å². The fraction of sp³-hybridized carbons (Fsp3) is 0.955. The van der Waals surface area contributed by atoms with Gasteiger partial charge in [-0.1, -0.05) is 90.9 Å². The molecule has 150 valence electrons. The molecule has 0 aliphatic rings. The van der Waals surface area contributed by atoms with Crippen molar-refractivity contribution < 1.29 is 4.79 Å². The maximum atomic E-state index is 11.8. The fourth-order valence-electron chi connectivity index (χ4n) is 3.18. The van der Waals surface area contributed by atoms with Gasteiger partial charge in [0.05, 0.1) is 0 Å². The Bertz CT molecular complexity index is 283. The molecule has 0 aromatic rings. The molecule has 0 saturated carbocycles. The maximum Gasteiger partial charge on any atom is 0.219 e. The van der Waals surface area contributed by atoms with Gasteiger partial charge in [0.15, 0.2) is 0 Å². The lowest BCUT2D eigenvalue weighted by molar-refractivity contribution is -0.121. The van der Waals surface area contributed by atoms with Crippen LogP contribution in [0.25, 0.3) is 0 Å². The summed E-state index contributed by atoms with van der Waals surface area (Å²) in [5, 5.41) is 3.60. The van der Waals surface area contributed by atoms with Crippen LogP contribution in [0.5, 0.6) is 0 Å². The van der Waals surface area contributed by atoms with Crippen molar-refractivity contribution in [2.75, 3.05) is 6.54 Å². The fourth-order valence-corrected chi connectivity index (χ4v) is 3.54. The SMILES string of the molecule is CCCCCCCCCCCCNC(=O)CCCCC(S)CCCC. The predicted octanol–water partition coefficient (Wildman–Crippen LogP) is 7.07. The van der Waals surface area contributed by atoms with Crippen LogP contribution in [0.3, 0.4) is 0 Å². The molecule has 0 aromatic heterocycles. The first-order valence-corrected chi connectivity index (χ1v) is 11.7. The van der Waals surface area contributed by atoms with E-state index in [1.165, 1.54) is 77.0 Å². The molecule has 25 heavy (non-hydrogen) atoms. The van der Waals surface area contributed by atoms with Gasteiger partial charge in [0.2, 0.25) is 5.91 Å². The first-order chi connectivity index (χ1) is 12.2. The Hall–Kier alpha value is -0.180. The number of carbonyl (C=O) groups excluding carboxylic acids is 1. The summed E-state index contributed by atoms with van der Waals surface area (Å²) >= 11 is 4.61. The van der Waals surface area contributed by atoms with Crippen molar-refractivity contribution in [2.24, 2.45) is 0 Å². The minimum atomic E-state index is 0.236. The Balaban J connectivity index is 3.23. The zero-order valence-corrected chi connectivity index (χ0v) is 18.1. The smallest absolute Gasteiger partial charge is 0.219 e. The van der Waals surface area contributed by atoms with Crippen molar-refractivity contribution >= 4 is 18.5 Å². The van der Waals surface area contributed by atoms with Crippen LogP contribution in [0, 0.1) is 0 Å². The molecule has 0 aliphatic heterocycles. The Morgan fingerprint density at radius 3 is 1.84 bits per heavy atom. The van der Waals surface area contributed by atoms with Gasteiger partial charge < -0.3 is 5.32 Å². The van der Waals surface area contributed by atoms with Gasteiger partial charge in [0.1, 0.15) is 0 Å². The summed E-state index contributed by atoms with van der Waals surface area (Å²) in [6.07, 6.45) is 21.1. The van der Waals surface area contributed by atoms with Crippen LogP contribution in [0.15, 0.2) is 0 Å². The summed E-state index contributed by atoms with van der Waals surface area (Å²) in [7, 11) is 0. The minimum Gasteiger partial charge on any atom is -0.356 e. The Kier molecular flexibility index (Phi) is 20.0. The van der Waals surface area contributed by atoms with Gasteiger partial charge in [0, 0.05) is 18.2 Å². The largest absolute Gasteiger partial charge is 0.356 e. The molecule has 0 spiro atoms. The van der Waals surface area contributed by atoms with E-state index < -0.39 is 0 Å². The highest BCUT2D eigenvalue weighted by Crippen LogP contribution is 2.15. The van der Waals surface area contributed by atoms with Gasteiger partial charge in [-0.3, -0.25) is 4.79 Å². The summed E-state index contributed by atoms with van der Waals surface area (Å²) in [6, 6.07) is 0. The second kappa shape index (κ2) is 20.1. The molecule has 0 radical (unpaired) electrons. The van der Waals surface area contributed by atoms with E-state index in [-0.39, 0.29) is 5.91 Å². The summed E-state index contributed by atoms with van der Waals surface area (Å²) < 4.78 is 0. The normalized spacial score (nSPS) is 12.3. The molecule has 0 bridgehead atoms. The average Bonchev–Trinajstić information content (AvgIpc) is 2.61. The standard InChI is InChI=1S/C22H45NOS/c1-3-5-7-8-9-10-11-12-13-16-20-23-22(24)19-15-14-18-21(25)17-6-4-2/h21,25H,3-20H2,1-2H3,(H,23,24). The average molecular weight is 372 g/mol. The molecule has 0 aromatic carbocycles. The first kappa shape index (κ1) is 24.8. The quantitative estimate of drug-likeness (QED) is 0.184. The molecule has 0 rings (SSSR count). The Morgan fingerprint density at radius 1 is 0.720 bits per heavy atom. The topological polar surface area (TPSA) is 29.1 Å². The lowest BCUT2D eigenvalue weighted by Crippen LogP contribution is -2.24. The number of thiol groups is 1. The lowest BCUT2D eigenvalue weighted by atomic mass is 10.1. The van der Waals surface area contributed by atoms with Crippen molar-refractivity contribution in [3.05, 3.63) is 0 Å². The van der Waals surface area contributed by atoms with E-state index in [4.69, 9.17) is 0 Å². The Morgan fingerprint density at radius 2 is 1.24 bits per heavy atom. The highest BCUT2D eigenvalue weighted by molar-refractivity contribution is 7.80. The molecule has 0 heterocycles. The van der Waals surface area contributed by atoms with E-state index in [2.05, 4.69) is 31.8 Å². The van der Waals surface area contributed by atoms with Gasteiger partial charge in [-0.2, -0.15) is 12.6 Å². The van der Waals surface area contributed by atoms with E-state index >= 15 is 0 Å². The van der Waals surface area contributed by atoms with Gasteiger partial charge in [-0.05, 0) is 25.7 Å². The van der Waals surface area contributed by atoms with Crippen molar-refractivity contribution in [3.63, 3.8) is 0 Å². The molecule has 0 saturated heterocycles. The third-order valence-corrected chi connectivity index (χ3v) is 5.45. The molecule has 1 N–H and O–H groups in total. The van der Waals surface area contributed by atoms with Gasteiger partial charge >= 0.3 is 0 Å². The third-order valence-electron chi connectivity index (χ3n) is 4.93. The van der Waals surface area contributed by atoms with Crippen LogP contribution in [-0.2, 0) is 4.79 Å². The van der Waals surface area contributed by atoms with E-state index in [1.54, 1.807) is 0 Å². The Labute approximate surface area is 163 Å². The molecule has 2 nitrogen and oxygen atoms in total. The molecule has 1 atom stereocenters. The van der Waals surface area contributed by atoms with E-state index in [0.717, 1.165) is 32.2 Å². The van der Waals surface area contributed by atoms with Crippen LogP contribution in [0.1, 0.15) is 123 Å². The van der Waals surface area contributed by atoms with Crippen molar-refractivity contribution in [2.45, 2.75) is 128 Å². The number of rotatable bonds is 19. The second-order valence-electron chi connectivity index (χ2n) is 7.57. The van der Waals surface area contributed by atoms with E-state index in [9.17, 15) is 4.79 Å². The van der Waals surface area contributed by atoms with E-state index in [0.29, 0.717) is 11.7 Å².